The van der Waals surface area contributed by atoms with Crippen molar-refractivity contribution in [2.45, 2.75) is 72.6 Å². The molecule has 2 rings (SSSR count). The molecule has 0 aliphatic heterocycles. The van der Waals surface area contributed by atoms with E-state index in [2.05, 4.69) is 24.2 Å². The standard InChI is InChI=1S/C28H40N2O5/c1-5-11-21-13-10-8-9-12-20(4)14-23(29-35-19-27(34)30(6-2)7-3)16-22-17-24(31)18-26(33)28(22)25(32)15-21/h8,10,14,17-18,21,31,33H,5-7,9,11-13,15-16,19H2,1-4H3/b10-8+,20-14+,29-23-. The zero-order chi connectivity index (χ0) is 25.8. The first-order chi connectivity index (χ1) is 16.8. The van der Waals surface area contributed by atoms with Gasteiger partial charge in [-0.25, -0.2) is 0 Å². The van der Waals surface area contributed by atoms with E-state index in [-0.39, 0.29) is 47.7 Å². The van der Waals surface area contributed by atoms with Crippen LogP contribution in [0.25, 0.3) is 0 Å². The van der Waals surface area contributed by atoms with E-state index < -0.39 is 0 Å². The number of aromatic hydroxyl groups is 2. The van der Waals surface area contributed by atoms with Gasteiger partial charge in [-0.3, -0.25) is 9.59 Å². The van der Waals surface area contributed by atoms with Gasteiger partial charge in [-0.1, -0.05) is 36.2 Å². The number of nitrogens with zero attached hydrogens (tertiary/aromatic N) is 2. The molecule has 1 aliphatic rings. The molecule has 0 saturated heterocycles. The quantitative estimate of drug-likeness (QED) is 0.390. The van der Waals surface area contributed by atoms with Crippen LogP contribution in [0.4, 0.5) is 0 Å². The molecule has 1 aliphatic carbocycles. The van der Waals surface area contributed by atoms with Crippen LogP contribution in [0.1, 0.15) is 82.1 Å². The highest BCUT2D eigenvalue weighted by atomic mass is 16.6. The van der Waals surface area contributed by atoms with E-state index in [1.54, 1.807) is 4.90 Å². The minimum Gasteiger partial charge on any atom is -0.508 e. The predicted octanol–water partition coefficient (Wildman–Crippen LogP) is 5.56. The zero-order valence-corrected chi connectivity index (χ0v) is 21.5. The SMILES string of the molecule is CCCC1C/C=C/CC/C(C)=C/C(=N/OCC(=O)N(CC)CC)Cc2cc(O)cc(O)c2C(=O)C1. The predicted molar refractivity (Wildman–Crippen MR) is 139 cm³/mol. The van der Waals surface area contributed by atoms with Crippen molar-refractivity contribution >= 4 is 17.4 Å². The van der Waals surface area contributed by atoms with Gasteiger partial charge in [0.2, 0.25) is 0 Å². The number of Topliss-reactive ketones (excluding diaryl/α,β-unsaturated/α-hetero) is 1. The van der Waals surface area contributed by atoms with Crippen molar-refractivity contribution in [1.29, 1.82) is 0 Å². The number of benzene rings is 1. The van der Waals surface area contributed by atoms with Gasteiger partial charge < -0.3 is 20.0 Å². The maximum absolute atomic E-state index is 13.3. The normalized spacial score (nSPS) is 20.9. The number of fused-ring (bicyclic) bond motifs is 1. The van der Waals surface area contributed by atoms with Crippen molar-refractivity contribution in [2.75, 3.05) is 19.7 Å². The second kappa shape index (κ2) is 14.3. The number of amides is 1. The lowest BCUT2D eigenvalue weighted by atomic mass is 9.88. The highest BCUT2D eigenvalue weighted by Crippen LogP contribution is 2.31. The fourth-order valence-corrected chi connectivity index (χ4v) is 4.42. The Bertz CT molecular complexity index is 960. The summed E-state index contributed by atoms with van der Waals surface area (Å²) in [5.74, 6) is -0.480. The molecular formula is C28H40N2O5. The van der Waals surface area contributed by atoms with E-state index in [0.717, 1.165) is 37.7 Å². The summed E-state index contributed by atoms with van der Waals surface area (Å²) in [6.45, 7) is 8.92. The number of rotatable bonds is 7. The Labute approximate surface area is 209 Å². The van der Waals surface area contributed by atoms with Crippen LogP contribution in [-0.4, -0.2) is 52.2 Å². The summed E-state index contributed by atoms with van der Waals surface area (Å²) >= 11 is 0. The molecule has 0 radical (unpaired) electrons. The fourth-order valence-electron chi connectivity index (χ4n) is 4.42. The van der Waals surface area contributed by atoms with E-state index in [1.807, 2.05) is 26.8 Å². The highest BCUT2D eigenvalue weighted by molar-refractivity contribution is 6.03. The van der Waals surface area contributed by atoms with Gasteiger partial charge in [-0.05, 0) is 70.1 Å². The molecule has 7 heteroatoms. The number of hydrogen-bond donors (Lipinski definition) is 2. The average molecular weight is 485 g/mol. The molecule has 1 amide bonds. The average Bonchev–Trinajstić information content (AvgIpc) is 2.78. The van der Waals surface area contributed by atoms with E-state index in [4.69, 9.17) is 4.84 Å². The third-order valence-corrected chi connectivity index (χ3v) is 6.25. The largest absolute Gasteiger partial charge is 0.508 e. The van der Waals surface area contributed by atoms with Gasteiger partial charge in [0.15, 0.2) is 12.4 Å². The first kappa shape index (κ1) is 28.1. The molecule has 0 bridgehead atoms. The van der Waals surface area contributed by atoms with Crippen LogP contribution in [0.2, 0.25) is 0 Å². The Morgan fingerprint density at radius 2 is 1.91 bits per heavy atom. The number of phenols is 2. The number of carbonyl (C=O) groups is 2. The lowest BCUT2D eigenvalue weighted by Gasteiger charge is -2.18. The number of oxime groups is 1. The van der Waals surface area contributed by atoms with Gasteiger partial charge in [-0.2, -0.15) is 0 Å². The molecule has 192 valence electrons. The summed E-state index contributed by atoms with van der Waals surface area (Å²) in [4.78, 5) is 32.7. The maximum atomic E-state index is 13.3. The molecule has 0 heterocycles. The second-order valence-electron chi connectivity index (χ2n) is 9.12. The number of allylic oxidation sites excluding steroid dienone is 4. The van der Waals surface area contributed by atoms with Crippen molar-refractivity contribution in [3.63, 3.8) is 0 Å². The van der Waals surface area contributed by atoms with Gasteiger partial charge in [0.1, 0.15) is 11.5 Å². The number of hydrogen-bond acceptors (Lipinski definition) is 6. The van der Waals surface area contributed by atoms with Gasteiger partial charge in [0, 0.05) is 32.0 Å². The molecule has 0 saturated carbocycles. The molecule has 1 aromatic rings. The van der Waals surface area contributed by atoms with Crippen LogP contribution in [0, 0.1) is 5.92 Å². The summed E-state index contributed by atoms with van der Waals surface area (Å²) in [5, 5.41) is 25.0. The zero-order valence-electron chi connectivity index (χ0n) is 21.5. The molecule has 35 heavy (non-hydrogen) atoms. The van der Waals surface area contributed by atoms with E-state index in [1.165, 1.54) is 12.1 Å². The summed E-state index contributed by atoms with van der Waals surface area (Å²) in [7, 11) is 0. The highest BCUT2D eigenvalue weighted by Gasteiger charge is 2.22. The Morgan fingerprint density at radius 3 is 2.60 bits per heavy atom. The van der Waals surface area contributed by atoms with Crippen LogP contribution >= 0.6 is 0 Å². The number of phenolic OH excluding ortho intramolecular Hbond substituents is 2. The lowest BCUT2D eigenvalue weighted by Crippen LogP contribution is -2.33. The Hall–Kier alpha value is -3.09. The van der Waals surface area contributed by atoms with Gasteiger partial charge in [-0.15, -0.1) is 0 Å². The number of ketones is 1. The molecule has 7 nitrogen and oxygen atoms in total. The van der Waals surface area contributed by atoms with Crippen molar-refractivity contribution < 1.29 is 24.6 Å². The molecule has 2 N–H and O–H groups in total. The monoisotopic (exact) mass is 484 g/mol. The van der Waals surface area contributed by atoms with E-state index in [0.29, 0.717) is 30.8 Å². The molecule has 0 fully saturated rings. The summed E-state index contributed by atoms with van der Waals surface area (Å²) in [6, 6.07) is 2.69. The summed E-state index contributed by atoms with van der Waals surface area (Å²) in [6.07, 6.45) is 11.1. The molecule has 1 atom stereocenters. The van der Waals surface area contributed by atoms with Gasteiger partial charge >= 0.3 is 0 Å². The number of carbonyl (C=O) groups excluding carboxylic acids is 2. The van der Waals surface area contributed by atoms with E-state index in [9.17, 15) is 19.8 Å². The first-order valence-electron chi connectivity index (χ1n) is 12.7. The Kier molecular flexibility index (Phi) is 11.5. The summed E-state index contributed by atoms with van der Waals surface area (Å²) < 4.78 is 0. The van der Waals surface area contributed by atoms with Crippen LogP contribution in [0.15, 0.2) is 41.1 Å². The van der Waals surface area contributed by atoms with Crippen molar-refractivity contribution in [3.05, 3.63) is 47.1 Å². The number of likely N-dealkylation sites (N-methyl/N-ethyl adjacent to an activating group) is 1. The second-order valence-corrected chi connectivity index (χ2v) is 9.12. The Morgan fingerprint density at radius 1 is 1.17 bits per heavy atom. The topological polar surface area (TPSA) is 99.4 Å². The third kappa shape index (κ3) is 8.89. The van der Waals surface area contributed by atoms with Crippen LogP contribution < -0.4 is 0 Å². The first-order valence-corrected chi connectivity index (χ1v) is 12.7. The third-order valence-electron chi connectivity index (χ3n) is 6.25. The Balaban J connectivity index is 2.43. The van der Waals surface area contributed by atoms with Crippen LogP contribution in [0.5, 0.6) is 11.5 Å². The van der Waals surface area contributed by atoms with Crippen molar-refractivity contribution in [3.8, 4) is 11.5 Å². The maximum Gasteiger partial charge on any atom is 0.263 e. The van der Waals surface area contributed by atoms with Crippen molar-refractivity contribution in [1.82, 2.24) is 4.90 Å². The molecule has 1 unspecified atom stereocenters. The summed E-state index contributed by atoms with van der Waals surface area (Å²) in [5.41, 5.74) is 2.28. The lowest BCUT2D eigenvalue weighted by molar-refractivity contribution is -0.135. The molecule has 0 spiro atoms. The van der Waals surface area contributed by atoms with Crippen LogP contribution in [0.3, 0.4) is 0 Å². The van der Waals surface area contributed by atoms with Gasteiger partial charge in [0.25, 0.3) is 5.91 Å². The molecular weight excluding hydrogens is 444 g/mol. The molecule has 1 aromatic carbocycles. The minimum atomic E-state index is -0.236. The van der Waals surface area contributed by atoms with Crippen molar-refractivity contribution in [2.24, 2.45) is 11.1 Å². The smallest absolute Gasteiger partial charge is 0.263 e. The molecule has 0 aromatic heterocycles. The fraction of sp³-hybridized carbons (Fsp3) is 0.536. The van der Waals surface area contributed by atoms with E-state index >= 15 is 0 Å². The minimum absolute atomic E-state index is 0.124. The van der Waals surface area contributed by atoms with Crippen LogP contribution in [-0.2, 0) is 16.1 Å². The van der Waals surface area contributed by atoms with Gasteiger partial charge in [0.05, 0.1) is 11.3 Å².